The quantitative estimate of drug-likeness (QED) is 0.837. The number of hydrogen-bond acceptors (Lipinski definition) is 1. The van der Waals surface area contributed by atoms with Crippen molar-refractivity contribution < 1.29 is 4.39 Å². The largest absolute Gasteiger partial charge is 0.311 e. The zero-order chi connectivity index (χ0) is 10.7. The molecule has 1 aromatic carbocycles. The van der Waals surface area contributed by atoms with Gasteiger partial charge < -0.3 is 5.32 Å². The van der Waals surface area contributed by atoms with Crippen molar-refractivity contribution in [1.29, 1.82) is 0 Å². The fraction of sp³-hybridized carbons (Fsp3) is 0.500. The highest BCUT2D eigenvalue weighted by atomic mass is 35.5. The van der Waals surface area contributed by atoms with Gasteiger partial charge in [-0.25, -0.2) is 4.39 Å². The third kappa shape index (κ3) is 2.93. The number of nitrogens with one attached hydrogen (secondary N) is 1. The molecule has 1 aliphatic rings. The lowest BCUT2D eigenvalue weighted by Gasteiger charge is -2.15. The standard InChI is InChI=1S/C12H15ClFN/c13-10-4-1-3-9(7-10)8-11(14)12-5-2-6-15-12/h1,3-4,7,11-12,15H,2,5-6,8H2. The van der Waals surface area contributed by atoms with Crippen molar-refractivity contribution in [3.63, 3.8) is 0 Å². The van der Waals surface area contributed by atoms with Crippen LogP contribution in [0.3, 0.4) is 0 Å². The van der Waals surface area contributed by atoms with E-state index in [1.54, 1.807) is 0 Å². The molecular formula is C12H15ClFN. The average Bonchev–Trinajstić information content (AvgIpc) is 2.70. The Kier molecular flexibility index (Phi) is 3.60. The summed E-state index contributed by atoms with van der Waals surface area (Å²) in [7, 11) is 0. The van der Waals surface area contributed by atoms with Gasteiger partial charge in [0.05, 0.1) is 0 Å². The van der Waals surface area contributed by atoms with E-state index in [4.69, 9.17) is 11.6 Å². The van der Waals surface area contributed by atoms with E-state index < -0.39 is 6.17 Å². The third-order valence-electron chi connectivity index (χ3n) is 2.85. The number of benzene rings is 1. The fourth-order valence-electron chi connectivity index (χ4n) is 2.05. The fourth-order valence-corrected chi connectivity index (χ4v) is 2.26. The average molecular weight is 228 g/mol. The van der Waals surface area contributed by atoms with Gasteiger partial charge in [0.1, 0.15) is 6.17 Å². The van der Waals surface area contributed by atoms with Crippen LogP contribution in [-0.4, -0.2) is 18.8 Å². The van der Waals surface area contributed by atoms with Crippen LogP contribution in [0.25, 0.3) is 0 Å². The van der Waals surface area contributed by atoms with Crippen molar-refractivity contribution in [2.45, 2.75) is 31.5 Å². The minimum Gasteiger partial charge on any atom is -0.311 e. The molecule has 1 nitrogen and oxygen atoms in total. The molecule has 0 amide bonds. The highest BCUT2D eigenvalue weighted by molar-refractivity contribution is 6.30. The first-order valence-corrected chi connectivity index (χ1v) is 5.75. The van der Waals surface area contributed by atoms with Crippen molar-refractivity contribution in [3.05, 3.63) is 34.9 Å². The van der Waals surface area contributed by atoms with Crippen molar-refractivity contribution in [3.8, 4) is 0 Å². The van der Waals surface area contributed by atoms with Crippen LogP contribution in [0.1, 0.15) is 18.4 Å². The first kappa shape index (κ1) is 10.9. The Bertz CT molecular complexity index is 323. The number of rotatable bonds is 3. The van der Waals surface area contributed by atoms with E-state index in [-0.39, 0.29) is 6.04 Å². The molecule has 1 aromatic rings. The zero-order valence-corrected chi connectivity index (χ0v) is 9.30. The van der Waals surface area contributed by atoms with Gasteiger partial charge in [0.15, 0.2) is 0 Å². The van der Waals surface area contributed by atoms with Crippen molar-refractivity contribution in [2.24, 2.45) is 0 Å². The molecule has 0 spiro atoms. The van der Waals surface area contributed by atoms with E-state index in [2.05, 4.69) is 5.32 Å². The number of hydrogen-bond donors (Lipinski definition) is 1. The molecule has 0 aliphatic carbocycles. The monoisotopic (exact) mass is 227 g/mol. The summed E-state index contributed by atoms with van der Waals surface area (Å²) in [6.45, 7) is 0.945. The van der Waals surface area contributed by atoms with E-state index in [1.165, 1.54) is 0 Å². The molecule has 2 atom stereocenters. The van der Waals surface area contributed by atoms with Crippen molar-refractivity contribution in [1.82, 2.24) is 5.32 Å². The molecule has 82 valence electrons. The molecular weight excluding hydrogens is 213 g/mol. The highest BCUT2D eigenvalue weighted by Crippen LogP contribution is 2.18. The molecule has 1 N–H and O–H groups in total. The predicted octanol–water partition coefficient (Wildman–Crippen LogP) is 2.97. The first-order chi connectivity index (χ1) is 7.25. The summed E-state index contributed by atoms with van der Waals surface area (Å²) in [6, 6.07) is 7.47. The molecule has 1 saturated heterocycles. The molecule has 2 rings (SSSR count). The summed E-state index contributed by atoms with van der Waals surface area (Å²) in [6.07, 6.45) is 1.69. The van der Waals surface area contributed by atoms with Crippen LogP contribution in [0.2, 0.25) is 5.02 Å². The molecule has 1 heterocycles. The van der Waals surface area contributed by atoms with Crippen molar-refractivity contribution in [2.75, 3.05) is 6.54 Å². The minimum atomic E-state index is -0.800. The van der Waals surface area contributed by atoms with Crippen LogP contribution in [-0.2, 0) is 6.42 Å². The van der Waals surface area contributed by atoms with E-state index in [0.717, 1.165) is 24.9 Å². The SMILES string of the molecule is FC(Cc1cccc(Cl)c1)C1CCCN1. The van der Waals surface area contributed by atoms with Crippen LogP contribution in [0.15, 0.2) is 24.3 Å². The summed E-state index contributed by atoms with van der Waals surface area (Å²) >= 11 is 5.85. The van der Waals surface area contributed by atoms with Crippen LogP contribution < -0.4 is 5.32 Å². The van der Waals surface area contributed by atoms with Gasteiger partial charge >= 0.3 is 0 Å². The number of halogens is 2. The van der Waals surface area contributed by atoms with Crippen LogP contribution in [0, 0.1) is 0 Å². The van der Waals surface area contributed by atoms with Crippen molar-refractivity contribution >= 4 is 11.6 Å². The molecule has 0 radical (unpaired) electrons. The predicted molar refractivity (Wildman–Crippen MR) is 61.1 cm³/mol. The van der Waals surface area contributed by atoms with Crippen LogP contribution in [0.5, 0.6) is 0 Å². The van der Waals surface area contributed by atoms with E-state index in [0.29, 0.717) is 11.4 Å². The number of alkyl halides is 1. The highest BCUT2D eigenvalue weighted by Gasteiger charge is 2.24. The lowest BCUT2D eigenvalue weighted by atomic mass is 10.0. The van der Waals surface area contributed by atoms with Crippen LogP contribution in [0.4, 0.5) is 4.39 Å². The van der Waals surface area contributed by atoms with Gasteiger partial charge in [0.2, 0.25) is 0 Å². The van der Waals surface area contributed by atoms with Gasteiger partial charge in [0.25, 0.3) is 0 Å². The Balaban J connectivity index is 1.95. The zero-order valence-electron chi connectivity index (χ0n) is 8.55. The van der Waals surface area contributed by atoms with Gasteiger partial charge in [-0.2, -0.15) is 0 Å². The summed E-state index contributed by atoms with van der Waals surface area (Å²) in [5, 5.41) is 3.86. The molecule has 0 aromatic heterocycles. The molecule has 3 heteroatoms. The lowest BCUT2D eigenvalue weighted by molar-refractivity contribution is 0.264. The second-order valence-corrected chi connectivity index (χ2v) is 4.49. The summed E-state index contributed by atoms with van der Waals surface area (Å²) in [5.74, 6) is 0. The normalized spacial score (nSPS) is 22.9. The summed E-state index contributed by atoms with van der Waals surface area (Å²) in [5.41, 5.74) is 0.976. The molecule has 1 fully saturated rings. The van der Waals surface area contributed by atoms with Gasteiger partial charge in [-0.05, 0) is 37.1 Å². The molecule has 2 unspecified atom stereocenters. The smallest absolute Gasteiger partial charge is 0.119 e. The molecule has 0 bridgehead atoms. The Labute approximate surface area is 94.6 Å². The summed E-state index contributed by atoms with van der Waals surface area (Å²) < 4.78 is 13.8. The van der Waals surface area contributed by atoms with E-state index in [1.807, 2.05) is 24.3 Å². The topological polar surface area (TPSA) is 12.0 Å². The Morgan fingerprint density at radius 1 is 1.53 bits per heavy atom. The van der Waals surface area contributed by atoms with Gasteiger partial charge in [0, 0.05) is 17.5 Å². The molecule has 1 aliphatic heterocycles. The van der Waals surface area contributed by atoms with Crippen LogP contribution >= 0.6 is 11.6 Å². The van der Waals surface area contributed by atoms with Gasteiger partial charge in [-0.1, -0.05) is 23.7 Å². The molecule has 0 saturated carbocycles. The second-order valence-electron chi connectivity index (χ2n) is 4.05. The maximum Gasteiger partial charge on any atom is 0.119 e. The van der Waals surface area contributed by atoms with Gasteiger partial charge in [-0.15, -0.1) is 0 Å². The first-order valence-electron chi connectivity index (χ1n) is 5.37. The molecule has 15 heavy (non-hydrogen) atoms. The third-order valence-corrected chi connectivity index (χ3v) is 3.09. The minimum absolute atomic E-state index is 0.0315. The summed E-state index contributed by atoms with van der Waals surface area (Å²) in [4.78, 5) is 0. The maximum atomic E-state index is 13.8. The van der Waals surface area contributed by atoms with E-state index in [9.17, 15) is 4.39 Å². The lowest BCUT2D eigenvalue weighted by Crippen LogP contribution is -2.33. The van der Waals surface area contributed by atoms with E-state index >= 15 is 0 Å². The maximum absolute atomic E-state index is 13.8. The van der Waals surface area contributed by atoms with Gasteiger partial charge in [-0.3, -0.25) is 0 Å². The second kappa shape index (κ2) is 4.95. The Morgan fingerprint density at radius 3 is 3.07 bits per heavy atom. The Morgan fingerprint density at radius 2 is 2.40 bits per heavy atom. The Hall–Kier alpha value is -0.600.